The van der Waals surface area contributed by atoms with Gasteiger partial charge in [-0.25, -0.2) is 15.5 Å². The molecular weight excluding hydrogens is 494 g/mol. The van der Waals surface area contributed by atoms with Crippen LogP contribution in [0.15, 0.2) is 59.8 Å². The van der Waals surface area contributed by atoms with E-state index < -0.39 is 5.97 Å². The number of nitriles is 1. The van der Waals surface area contributed by atoms with Crippen molar-refractivity contribution in [2.24, 2.45) is 11.0 Å². The summed E-state index contributed by atoms with van der Waals surface area (Å²) in [7, 11) is 0. The number of nitrogens with zero attached hydrogens (tertiary/aromatic N) is 6. The number of hydrogen-bond acceptors (Lipinski definition) is 10. The van der Waals surface area contributed by atoms with Crippen molar-refractivity contribution in [3.8, 4) is 17.3 Å². The molecule has 3 aromatic rings. The van der Waals surface area contributed by atoms with Gasteiger partial charge >= 0.3 is 5.97 Å². The fraction of sp³-hybridized carbons (Fsp3) is 0.321. The summed E-state index contributed by atoms with van der Waals surface area (Å²) in [5, 5.41) is 25.3. The number of aromatic nitrogens is 3. The fourth-order valence-corrected chi connectivity index (χ4v) is 4.80. The van der Waals surface area contributed by atoms with Crippen LogP contribution in [0.3, 0.4) is 0 Å². The third-order valence-electron chi connectivity index (χ3n) is 6.81. The van der Waals surface area contributed by atoms with Crippen LogP contribution < -0.4 is 11.1 Å². The van der Waals surface area contributed by atoms with E-state index in [2.05, 4.69) is 38.3 Å². The van der Waals surface area contributed by atoms with Gasteiger partial charge in [-0.1, -0.05) is 25.1 Å². The van der Waals surface area contributed by atoms with Crippen LogP contribution in [0.5, 0.6) is 0 Å². The zero-order valence-electron chi connectivity index (χ0n) is 21.7. The van der Waals surface area contributed by atoms with Gasteiger partial charge < -0.3 is 16.2 Å². The first-order valence-electron chi connectivity index (χ1n) is 12.8. The van der Waals surface area contributed by atoms with Crippen molar-refractivity contribution in [3.05, 3.63) is 77.4 Å². The Balaban J connectivity index is 1.46. The highest BCUT2D eigenvalue weighted by molar-refractivity contribution is 5.70. The Morgan fingerprint density at radius 2 is 2.03 bits per heavy atom. The van der Waals surface area contributed by atoms with Gasteiger partial charge in [-0.15, -0.1) is 0 Å². The number of carboxylic acid groups (broad SMARTS) is 1. The number of nitrogens with one attached hydrogen (secondary N) is 2. The van der Waals surface area contributed by atoms with Gasteiger partial charge in [0.1, 0.15) is 5.70 Å². The van der Waals surface area contributed by atoms with Crippen molar-refractivity contribution in [1.82, 2.24) is 25.2 Å². The van der Waals surface area contributed by atoms with Crippen LogP contribution in [0.4, 0.5) is 5.95 Å². The molecule has 1 aliphatic rings. The van der Waals surface area contributed by atoms with Crippen molar-refractivity contribution in [3.63, 3.8) is 0 Å². The van der Waals surface area contributed by atoms with Gasteiger partial charge in [0.15, 0.2) is 0 Å². The van der Waals surface area contributed by atoms with E-state index in [9.17, 15) is 15.2 Å². The van der Waals surface area contributed by atoms with Crippen molar-refractivity contribution in [1.29, 1.82) is 10.8 Å². The topological polar surface area (TPSA) is 177 Å². The van der Waals surface area contributed by atoms with Crippen molar-refractivity contribution < 1.29 is 9.90 Å². The molecule has 1 atom stereocenters. The summed E-state index contributed by atoms with van der Waals surface area (Å²) < 4.78 is 0. The molecule has 0 spiro atoms. The molecule has 2 aromatic heterocycles. The lowest BCUT2D eigenvalue weighted by Crippen LogP contribution is -2.39. The van der Waals surface area contributed by atoms with Crippen LogP contribution in [-0.2, 0) is 11.3 Å². The summed E-state index contributed by atoms with van der Waals surface area (Å²) >= 11 is 0. The first-order valence-corrected chi connectivity index (χ1v) is 12.8. The molecule has 0 bridgehead atoms. The maximum atomic E-state index is 11.3. The molecule has 1 fully saturated rings. The molecule has 1 aliphatic heterocycles. The molecule has 39 heavy (non-hydrogen) atoms. The van der Waals surface area contributed by atoms with Crippen LogP contribution in [-0.4, -0.2) is 44.0 Å². The van der Waals surface area contributed by atoms with E-state index in [1.165, 1.54) is 0 Å². The Morgan fingerprint density at radius 3 is 2.72 bits per heavy atom. The predicted octanol–water partition coefficient (Wildman–Crippen LogP) is 4.36. The summed E-state index contributed by atoms with van der Waals surface area (Å²) in [4.78, 5) is 27.0. The number of aliphatic carboxylic acids is 1. The quantitative estimate of drug-likeness (QED) is 0.280. The highest BCUT2D eigenvalue weighted by atomic mass is 16.4. The lowest BCUT2D eigenvalue weighted by Gasteiger charge is -2.36. The van der Waals surface area contributed by atoms with E-state index in [1.54, 1.807) is 30.5 Å². The number of rotatable bonds is 10. The van der Waals surface area contributed by atoms with Gasteiger partial charge in [0, 0.05) is 11.8 Å². The molecule has 0 aliphatic carbocycles. The summed E-state index contributed by atoms with van der Waals surface area (Å²) in [6.45, 7) is 3.99. The Labute approximate surface area is 226 Å². The number of benzene rings is 1. The molecule has 200 valence electrons. The summed E-state index contributed by atoms with van der Waals surface area (Å²) in [6, 6.07) is 16.8. The number of carboxylic acids is 1. The number of anilines is 1. The molecule has 0 saturated carbocycles. The zero-order chi connectivity index (χ0) is 27.8. The lowest BCUT2D eigenvalue weighted by atomic mass is 9.94. The minimum Gasteiger partial charge on any atom is -0.481 e. The van der Waals surface area contributed by atoms with E-state index in [-0.39, 0.29) is 23.6 Å². The van der Waals surface area contributed by atoms with Gasteiger partial charge in [0.05, 0.1) is 52.9 Å². The summed E-state index contributed by atoms with van der Waals surface area (Å²) in [5.41, 5.74) is 17.8. The molecule has 11 nitrogen and oxygen atoms in total. The Bertz CT molecular complexity index is 1410. The van der Waals surface area contributed by atoms with E-state index in [1.807, 2.05) is 24.3 Å². The molecule has 4 rings (SSSR count). The van der Waals surface area contributed by atoms with Gasteiger partial charge in [-0.2, -0.15) is 10.4 Å². The Morgan fingerprint density at radius 1 is 1.26 bits per heavy atom. The number of hydrogen-bond donors (Lipinski definition) is 4. The number of piperidine rings is 1. The monoisotopic (exact) mass is 525 g/mol. The first kappa shape index (κ1) is 27.3. The van der Waals surface area contributed by atoms with E-state index in [0.29, 0.717) is 41.9 Å². The minimum atomic E-state index is -0.713. The SMILES string of the molecule is CCC(c1cccc(CN/C=C(\N=N)c2cc(-c3cccc(C#N)c3)nc(N)n2)n1)N1CCC(C(=O)O)CC1. The molecule has 0 amide bonds. The Hall–Kier alpha value is -4.69. The molecular formula is C28H31N9O2. The molecule has 1 aromatic carbocycles. The van der Waals surface area contributed by atoms with Gasteiger partial charge in [-0.3, -0.25) is 14.7 Å². The third kappa shape index (κ3) is 6.80. The first-order chi connectivity index (χ1) is 18.9. The predicted molar refractivity (Wildman–Crippen MR) is 146 cm³/mol. The van der Waals surface area contributed by atoms with Crippen molar-refractivity contribution >= 4 is 17.6 Å². The van der Waals surface area contributed by atoms with Gasteiger partial charge in [0.25, 0.3) is 0 Å². The lowest BCUT2D eigenvalue weighted by molar-refractivity contribution is -0.143. The average Bonchev–Trinajstić information content (AvgIpc) is 2.96. The zero-order valence-corrected chi connectivity index (χ0v) is 21.7. The second-order valence-electron chi connectivity index (χ2n) is 9.34. The number of likely N-dealkylation sites (tertiary alicyclic amines) is 1. The van der Waals surface area contributed by atoms with E-state index >= 15 is 0 Å². The Kier molecular flexibility index (Phi) is 8.91. The number of nitrogens with two attached hydrogens (primary N) is 1. The largest absolute Gasteiger partial charge is 0.481 e. The maximum Gasteiger partial charge on any atom is 0.306 e. The van der Waals surface area contributed by atoms with Crippen LogP contribution in [0.1, 0.15) is 54.9 Å². The fourth-order valence-electron chi connectivity index (χ4n) is 4.80. The summed E-state index contributed by atoms with van der Waals surface area (Å²) in [5.74, 6) is -0.948. The highest BCUT2D eigenvalue weighted by Crippen LogP contribution is 2.29. The molecule has 1 unspecified atom stereocenters. The van der Waals surface area contributed by atoms with Crippen molar-refractivity contribution in [2.75, 3.05) is 18.8 Å². The maximum absolute atomic E-state index is 11.3. The molecule has 5 N–H and O–H groups in total. The van der Waals surface area contributed by atoms with Crippen LogP contribution >= 0.6 is 0 Å². The second-order valence-corrected chi connectivity index (χ2v) is 9.34. The third-order valence-corrected chi connectivity index (χ3v) is 6.81. The van der Waals surface area contributed by atoms with Crippen LogP contribution in [0.2, 0.25) is 0 Å². The van der Waals surface area contributed by atoms with E-state index in [4.69, 9.17) is 16.2 Å². The van der Waals surface area contributed by atoms with Crippen LogP contribution in [0.25, 0.3) is 17.0 Å². The van der Waals surface area contributed by atoms with Gasteiger partial charge in [0.2, 0.25) is 5.95 Å². The van der Waals surface area contributed by atoms with Crippen molar-refractivity contribution in [2.45, 2.75) is 38.8 Å². The summed E-state index contributed by atoms with van der Waals surface area (Å²) in [6.07, 6.45) is 3.76. The van der Waals surface area contributed by atoms with E-state index in [0.717, 1.165) is 30.9 Å². The molecule has 11 heteroatoms. The molecule has 3 heterocycles. The number of pyridine rings is 1. The minimum absolute atomic E-state index is 0.0341. The molecule has 1 saturated heterocycles. The smallest absolute Gasteiger partial charge is 0.306 e. The normalized spacial score (nSPS) is 15.3. The number of carbonyl (C=O) groups is 1. The second kappa shape index (κ2) is 12.7. The van der Waals surface area contributed by atoms with Gasteiger partial charge in [-0.05, 0) is 62.7 Å². The van der Waals surface area contributed by atoms with Crippen LogP contribution in [0, 0.1) is 22.8 Å². The standard InChI is InChI=1S/C28H31N9O2/c1-2-26(37-11-9-19(10-12-37)27(38)39)22-8-4-7-21(33-22)16-32-17-25(36-31)24-14-23(34-28(30)35-24)20-6-3-5-18(13-20)15-29/h3-8,13-14,17,19,26,31-32H,2,9-12,16H2,1H3,(H,38,39)(H2,30,34,35)/b25-17-,36-31?. The number of nitrogen functional groups attached to an aromatic ring is 1. The molecule has 0 radical (unpaired) electrons. The highest BCUT2D eigenvalue weighted by Gasteiger charge is 2.29. The average molecular weight is 526 g/mol.